The largest absolute Gasteiger partial charge is 0.340 e. The topological polar surface area (TPSA) is 60.9 Å². The zero-order valence-electron chi connectivity index (χ0n) is 9.83. The lowest BCUT2D eigenvalue weighted by molar-refractivity contribution is 0.112. The molecule has 0 fully saturated rings. The number of aryl methyl sites for hydroxylation is 1. The molecule has 2 aromatic heterocycles. The molecule has 0 aliphatic heterocycles. The lowest BCUT2D eigenvalue weighted by atomic mass is 10.2. The summed E-state index contributed by atoms with van der Waals surface area (Å²) in [6.45, 7) is 2.24. The molecular formula is C13H11N3O2. The van der Waals surface area contributed by atoms with Crippen molar-refractivity contribution in [1.29, 1.82) is 0 Å². The first kappa shape index (κ1) is 10.7. The van der Waals surface area contributed by atoms with Crippen molar-refractivity contribution in [1.82, 2.24) is 14.7 Å². The van der Waals surface area contributed by atoms with Crippen molar-refractivity contribution in [3.05, 3.63) is 47.7 Å². The second kappa shape index (κ2) is 4.10. The van der Waals surface area contributed by atoms with E-state index in [1.807, 2.05) is 35.0 Å². The lowest BCUT2D eigenvalue weighted by Gasteiger charge is -2.00. The molecule has 5 heteroatoms. The highest BCUT2D eigenvalue weighted by atomic mass is 16.5. The second-order valence-electron chi connectivity index (χ2n) is 4.08. The van der Waals surface area contributed by atoms with E-state index in [9.17, 15) is 4.79 Å². The third-order valence-electron chi connectivity index (χ3n) is 2.83. The first-order valence-electron chi connectivity index (χ1n) is 5.60. The fourth-order valence-corrected chi connectivity index (χ4v) is 2.06. The van der Waals surface area contributed by atoms with E-state index in [4.69, 9.17) is 4.52 Å². The van der Waals surface area contributed by atoms with Gasteiger partial charge < -0.3 is 9.09 Å². The summed E-state index contributed by atoms with van der Waals surface area (Å²) < 4.78 is 6.89. The molecule has 0 bridgehead atoms. The van der Waals surface area contributed by atoms with Gasteiger partial charge in [0.05, 0.1) is 6.54 Å². The van der Waals surface area contributed by atoms with Crippen molar-refractivity contribution in [3.8, 4) is 0 Å². The Morgan fingerprint density at radius 3 is 2.94 bits per heavy atom. The summed E-state index contributed by atoms with van der Waals surface area (Å²) in [5, 5.41) is 4.80. The van der Waals surface area contributed by atoms with Gasteiger partial charge >= 0.3 is 0 Å². The summed E-state index contributed by atoms with van der Waals surface area (Å²) in [5.74, 6) is 1.14. The van der Waals surface area contributed by atoms with Crippen molar-refractivity contribution >= 4 is 17.2 Å². The molecule has 18 heavy (non-hydrogen) atoms. The van der Waals surface area contributed by atoms with E-state index in [-0.39, 0.29) is 0 Å². The lowest BCUT2D eigenvalue weighted by Crippen LogP contribution is -1.99. The molecule has 0 unspecified atom stereocenters. The third kappa shape index (κ3) is 1.69. The maximum atomic E-state index is 11.0. The zero-order valence-corrected chi connectivity index (χ0v) is 9.83. The van der Waals surface area contributed by atoms with Gasteiger partial charge in [-0.1, -0.05) is 23.4 Å². The second-order valence-corrected chi connectivity index (χ2v) is 4.08. The average Bonchev–Trinajstić information content (AvgIpc) is 2.95. The predicted octanol–water partition coefficient (Wildman–Crippen LogP) is 2.19. The van der Waals surface area contributed by atoms with Gasteiger partial charge in [0, 0.05) is 29.6 Å². The van der Waals surface area contributed by atoms with Crippen LogP contribution in [-0.2, 0) is 6.54 Å². The molecule has 0 spiro atoms. The fourth-order valence-electron chi connectivity index (χ4n) is 2.06. The first-order chi connectivity index (χ1) is 8.78. The van der Waals surface area contributed by atoms with Crippen LogP contribution < -0.4 is 0 Å². The Morgan fingerprint density at radius 2 is 2.22 bits per heavy atom. The molecule has 5 nitrogen and oxygen atoms in total. The van der Waals surface area contributed by atoms with Crippen LogP contribution in [-0.4, -0.2) is 21.0 Å². The zero-order chi connectivity index (χ0) is 12.5. The molecule has 0 N–H and O–H groups in total. The number of fused-ring (bicyclic) bond motifs is 1. The monoisotopic (exact) mass is 241 g/mol. The molecule has 90 valence electrons. The van der Waals surface area contributed by atoms with Gasteiger partial charge in [0.15, 0.2) is 12.1 Å². The van der Waals surface area contributed by atoms with Crippen molar-refractivity contribution in [2.45, 2.75) is 13.5 Å². The van der Waals surface area contributed by atoms with Gasteiger partial charge in [-0.2, -0.15) is 4.98 Å². The van der Waals surface area contributed by atoms with Crippen LogP contribution in [0.25, 0.3) is 10.9 Å². The molecular weight excluding hydrogens is 230 g/mol. The highest BCUT2D eigenvalue weighted by Crippen LogP contribution is 2.20. The molecule has 1 aromatic carbocycles. The highest BCUT2D eigenvalue weighted by molar-refractivity contribution is 5.97. The van der Waals surface area contributed by atoms with Gasteiger partial charge in [-0.15, -0.1) is 0 Å². The van der Waals surface area contributed by atoms with Crippen molar-refractivity contribution < 1.29 is 9.32 Å². The Bertz CT molecular complexity index is 712. The van der Waals surface area contributed by atoms with Crippen LogP contribution >= 0.6 is 0 Å². The Kier molecular flexibility index (Phi) is 2.44. The number of carbonyl (C=O) groups is 1. The van der Waals surface area contributed by atoms with Crippen LogP contribution in [0.2, 0.25) is 0 Å². The average molecular weight is 241 g/mol. The quantitative estimate of drug-likeness (QED) is 0.659. The van der Waals surface area contributed by atoms with E-state index < -0.39 is 0 Å². The minimum atomic E-state index is 0.492. The molecule has 3 aromatic rings. The third-order valence-corrected chi connectivity index (χ3v) is 2.83. The van der Waals surface area contributed by atoms with E-state index in [0.29, 0.717) is 23.8 Å². The summed E-state index contributed by atoms with van der Waals surface area (Å²) in [6.07, 6.45) is 2.67. The van der Waals surface area contributed by atoms with Crippen LogP contribution in [0.1, 0.15) is 22.1 Å². The van der Waals surface area contributed by atoms with Crippen LogP contribution in [0.15, 0.2) is 35.0 Å². The molecule has 0 saturated heterocycles. The molecule has 0 radical (unpaired) electrons. The maximum Gasteiger partial charge on any atom is 0.223 e. The van der Waals surface area contributed by atoms with E-state index in [1.54, 1.807) is 6.92 Å². The minimum Gasteiger partial charge on any atom is -0.340 e. The van der Waals surface area contributed by atoms with Gasteiger partial charge in [0.1, 0.15) is 0 Å². The highest BCUT2D eigenvalue weighted by Gasteiger charge is 2.09. The van der Waals surface area contributed by atoms with Crippen molar-refractivity contribution in [2.75, 3.05) is 0 Å². The number of carbonyl (C=O) groups excluding carboxylic acids is 1. The Balaban J connectivity index is 2.09. The number of aromatic nitrogens is 3. The summed E-state index contributed by atoms with van der Waals surface area (Å²) in [5.41, 5.74) is 1.66. The van der Waals surface area contributed by atoms with Gasteiger partial charge in [-0.05, 0) is 6.07 Å². The number of hydrogen-bond donors (Lipinski definition) is 0. The number of rotatable bonds is 3. The summed E-state index contributed by atoms with van der Waals surface area (Å²) in [4.78, 5) is 15.2. The van der Waals surface area contributed by atoms with E-state index in [2.05, 4.69) is 10.1 Å². The minimum absolute atomic E-state index is 0.492. The normalized spacial score (nSPS) is 10.9. The Hall–Kier alpha value is -2.43. The molecule has 0 atom stereocenters. The van der Waals surface area contributed by atoms with Crippen LogP contribution in [0, 0.1) is 6.92 Å². The Morgan fingerprint density at radius 1 is 1.39 bits per heavy atom. The number of aldehydes is 1. The predicted molar refractivity (Wildman–Crippen MR) is 65.5 cm³/mol. The molecule has 0 saturated carbocycles. The first-order valence-corrected chi connectivity index (χ1v) is 5.60. The smallest absolute Gasteiger partial charge is 0.223 e. The molecule has 2 heterocycles. The van der Waals surface area contributed by atoms with E-state index in [0.717, 1.165) is 17.2 Å². The fraction of sp³-hybridized carbons (Fsp3) is 0.154. The van der Waals surface area contributed by atoms with Gasteiger partial charge in [0.2, 0.25) is 5.89 Å². The number of nitrogens with zero attached hydrogens (tertiary/aromatic N) is 3. The summed E-state index contributed by atoms with van der Waals surface area (Å²) in [6, 6.07) is 7.75. The molecule has 3 rings (SSSR count). The standard InChI is InChI=1S/C13H11N3O2/c1-9-14-13(15-18-9)7-16-6-10(8-17)11-4-2-3-5-12(11)16/h2-6,8H,7H2,1H3. The number of benzene rings is 1. The number of hydrogen-bond acceptors (Lipinski definition) is 4. The number of para-hydroxylation sites is 1. The van der Waals surface area contributed by atoms with E-state index in [1.165, 1.54) is 0 Å². The van der Waals surface area contributed by atoms with Gasteiger partial charge in [0.25, 0.3) is 0 Å². The summed E-state index contributed by atoms with van der Waals surface area (Å²) >= 11 is 0. The van der Waals surface area contributed by atoms with Crippen LogP contribution in [0.3, 0.4) is 0 Å². The van der Waals surface area contributed by atoms with Crippen molar-refractivity contribution in [3.63, 3.8) is 0 Å². The van der Waals surface area contributed by atoms with Crippen molar-refractivity contribution in [2.24, 2.45) is 0 Å². The molecule has 0 aliphatic carbocycles. The van der Waals surface area contributed by atoms with Gasteiger partial charge in [-0.25, -0.2) is 0 Å². The van der Waals surface area contributed by atoms with Gasteiger partial charge in [-0.3, -0.25) is 4.79 Å². The SMILES string of the molecule is Cc1nc(Cn2cc(C=O)c3ccccc32)no1. The summed E-state index contributed by atoms with van der Waals surface area (Å²) in [7, 11) is 0. The molecule has 0 aliphatic rings. The van der Waals surface area contributed by atoms with Crippen LogP contribution in [0.5, 0.6) is 0 Å². The van der Waals surface area contributed by atoms with Crippen LogP contribution in [0.4, 0.5) is 0 Å². The Labute approximate surface area is 103 Å². The van der Waals surface area contributed by atoms with E-state index >= 15 is 0 Å². The molecule has 0 amide bonds. The maximum absolute atomic E-state index is 11.0.